The van der Waals surface area contributed by atoms with E-state index in [1.807, 2.05) is 6.07 Å². The molecule has 1 spiro atoms. The normalized spacial score (nSPS) is 44.3. The van der Waals surface area contributed by atoms with Crippen LogP contribution in [0.3, 0.4) is 0 Å². The molecule has 0 aromatic heterocycles. The van der Waals surface area contributed by atoms with E-state index < -0.39 is 5.72 Å². The predicted octanol–water partition coefficient (Wildman–Crippen LogP) is 2.53. The van der Waals surface area contributed by atoms with Gasteiger partial charge in [-0.25, -0.2) is 0 Å². The molecule has 4 atom stereocenters. The molecule has 1 aromatic rings. The van der Waals surface area contributed by atoms with Gasteiger partial charge in [-0.2, -0.15) is 0 Å². The first-order valence-corrected chi connectivity index (χ1v) is 8.48. The van der Waals surface area contributed by atoms with E-state index in [1.165, 1.54) is 17.4 Å². The molecule has 4 heteroatoms. The van der Waals surface area contributed by atoms with Crippen molar-refractivity contribution in [3.63, 3.8) is 0 Å². The van der Waals surface area contributed by atoms with Gasteiger partial charge in [0.1, 0.15) is 5.72 Å². The molecule has 4 aliphatic rings. The Labute approximate surface area is 136 Å². The van der Waals surface area contributed by atoms with Gasteiger partial charge in [-0.05, 0) is 30.5 Å². The Morgan fingerprint density at radius 2 is 2.17 bits per heavy atom. The van der Waals surface area contributed by atoms with Gasteiger partial charge in [0.25, 0.3) is 0 Å². The predicted molar refractivity (Wildman–Crippen MR) is 89.2 cm³/mol. The van der Waals surface area contributed by atoms with Gasteiger partial charge >= 0.3 is 0 Å². The monoisotopic (exact) mass is 310 g/mol. The maximum absolute atomic E-state index is 11.8. The highest BCUT2D eigenvalue weighted by Crippen LogP contribution is 2.64. The van der Waals surface area contributed by atoms with Gasteiger partial charge in [-0.15, -0.1) is 0 Å². The van der Waals surface area contributed by atoms with Crippen molar-refractivity contribution < 1.29 is 10.2 Å². The van der Waals surface area contributed by atoms with Crippen molar-refractivity contribution in [2.75, 3.05) is 18.4 Å². The van der Waals surface area contributed by atoms with Crippen LogP contribution in [-0.4, -0.2) is 40.0 Å². The fraction of sp³-hybridized carbons (Fsp3) is 0.474. The third-order valence-corrected chi connectivity index (χ3v) is 6.78. The summed E-state index contributed by atoms with van der Waals surface area (Å²) in [5.41, 5.74) is 3.46. The average molecular weight is 310 g/mol. The molecule has 5 rings (SSSR count). The van der Waals surface area contributed by atoms with Gasteiger partial charge in [0, 0.05) is 31.1 Å². The smallest absolute Gasteiger partial charge is 0.131 e. The maximum Gasteiger partial charge on any atom is 0.131 e. The van der Waals surface area contributed by atoms with Gasteiger partial charge in [0.15, 0.2) is 0 Å². The Kier molecular flexibility index (Phi) is 2.49. The van der Waals surface area contributed by atoms with Crippen LogP contribution in [0.2, 0.25) is 0 Å². The van der Waals surface area contributed by atoms with Gasteiger partial charge in [0.05, 0.1) is 17.7 Å². The first-order chi connectivity index (χ1) is 11.2. The summed E-state index contributed by atoms with van der Waals surface area (Å²) in [7, 11) is 0. The quantitative estimate of drug-likeness (QED) is 0.509. The molecule has 3 aliphatic heterocycles. The second kappa shape index (κ2) is 4.19. The Morgan fingerprint density at radius 1 is 1.35 bits per heavy atom. The van der Waals surface area contributed by atoms with Crippen LogP contribution in [0.5, 0.6) is 0 Å². The van der Waals surface area contributed by atoms with Crippen molar-refractivity contribution in [1.29, 1.82) is 0 Å². The van der Waals surface area contributed by atoms with Crippen LogP contribution in [0.15, 0.2) is 47.7 Å². The van der Waals surface area contributed by atoms with Crippen LogP contribution in [-0.2, 0) is 5.41 Å². The maximum atomic E-state index is 11.8. The zero-order valence-electron chi connectivity index (χ0n) is 13.3. The molecule has 23 heavy (non-hydrogen) atoms. The number of rotatable bonds is 0. The minimum absolute atomic E-state index is 0.0334. The van der Waals surface area contributed by atoms with Crippen LogP contribution in [0.4, 0.5) is 5.69 Å². The topological polar surface area (TPSA) is 55.7 Å². The van der Waals surface area contributed by atoms with E-state index in [2.05, 4.69) is 41.4 Å². The minimum atomic E-state index is -0.832. The molecule has 1 aliphatic carbocycles. The molecule has 2 bridgehead atoms. The lowest BCUT2D eigenvalue weighted by atomic mass is 9.56. The van der Waals surface area contributed by atoms with Gasteiger partial charge < -0.3 is 15.5 Å². The second-order valence-corrected chi connectivity index (χ2v) is 7.33. The van der Waals surface area contributed by atoms with Crippen LogP contribution in [0, 0.1) is 5.92 Å². The van der Waals surface area contributed by atoms with E-state index >= 15 is 0 Å². The van der Waals surface area contributed by atoms with E-state index in [9.17, 15) is 10.2 Å². The van der Waals surface area contributed by atoms with Crippen molar-refractivity contribution in [2.45, 2.75) is 36.9 Å². The SMILES string of the molecule is C/C=C1/CN2CCC34c5ccccc5N[C@H]3/C(=C/O)[C@H]1C[C@]24O. The lowest BCUT2D eigenvalue weighted by Crippen LogP contribution is -2.68. The molecular formula is C19H22N2O2. The number of hydrogen-bond donors (Lipinski definition) is 3. The highest BCUT2D eigenvalue weighted by molar-refractivity contribution is 5.68. The largest absolute Gasteiger partial charge is 0.516 e. The molecule has 1 unspecified atom stereocenters. The lowest BCUT2D eigenvalue weighted by Gasteiger charge is -2.57. The molecular weight excluding hydrogens is 288 g/mol. The number of fused-ring (bicyclic) bond motifs is 2. The third kappa shape index (κ3) is 1.32. The summed E-state index contributed by atoms with van der Waals surface area (Å²) >= 11 is 0. The zero-order chi connectivity index (χ0) is 15.8. The van der Waals surface area contributed by atoms with Crippen LogP contribution in [0.25, 0.3) is 0 Å². The van der Waals surface area contributed by atoms with Gasteiger partial charge in [-0.1, -0.05) is 29.8 Å². The van der Waals surface area contributed by atoms with Crippen molar-refractivity contribution in [2.24, 2.45) is 5.92 Å². The molecule has 3 fully saturated rings. The van der Waals surface area contributed by atoms with Crippen molar-refractivity contribution >= 4 is 5.69 Å². The Morgan fingerprint density at radius 3 is 2.96 bits per heavy atom. The van der Waals surface area contributed by atoms with Gasteiger partial charge in [0.2, 0.25) is 0 Å². The molecule has 2 saturated heterocycles. The Balaban J connectivity index is 1.80. The molecule has 3 N–H and O–H groups in total. The minimum Gasteiger partial charge on any atom is -0.516 e. The van der Waals surface area contributed by atoms with Crippen LogP contribution in [0.1, 0.15) is 25.3 Å². The first-order valence-electron chi connectivity index (χ1n) is 8.48. The molecule has 0 radical (unpaired) electrons. The van der Waals surface area contributed by atoms with Crippen LogP contribution < -0.4 is 5.32 Å². The number of hydrogen-bond acceptors (Lipinski definition) is 4. The first kappa shape index (κ1) is 13.6. The van der Waals surface area contributed by atoms with Crippen LogP contribution >= 0.6 is 0 Å². The summed E-state index contributed by atoms with van der Waals surface area (Å²) in [5.74, 6) is 0.129. The molecule has 1 aromatic carbocycles. The number of aliphatic hydroxyl groups is 2. The fourth-order valence-corrected chi connectivity index (χ4v) is 5.76. The second-order valence-electron chi connectivity index (χ2n) is 7.33. The summed E-state index contributed by atoms with van der Waals surface area (Å²) in [5, 5.41) is 25.4. The standard InChI is InChI=1S/C19H22N2O2/c1-2-12-10-21-8-7-18-15-5-3-4-6-16(15)20-17(18)14(11-22)13(12)9-19(18,21)23/h2-6,11,13,17,20,22-23H,7-10H2,1H3/b12-2-,14-11+/t13-,17-,18?,19+/m0/s1. The Hall–Kier alpha value is -1.78. The third-order valence-electron chi connectivity index (χ3n) is 6.78. The highest BCUT2D eigenvalue weighted by Gasteiger charge is 2.71. The van der Waals surface area contributed by atoms with E-state index in [-0.39, 0.29) is 17.4 Å². The lowest BCUT2D eigenvalue weighted by molar-refractivity contribution is -0.156. The molecule has 120 valence electrons. The van der Waals surface area contributed by atoms with E-state index in [4.69, 9.17) is 0 Å². The zero-order valence-corrected chi connectivity index (χ0v) is 13.3. The summed E-state index contributed by atoms with van der Waals surface area (Å²) in [6.07, 6.45) is 5.04. The number of aliphatic hydroxyl groups excluding tert-OH is 1. The summed E-state index contributed by atoms with van der Waals surface area (Å²) in [4.78, 5) is 2.25. The van der Waals surface area contributed by atoms with Crippen molar-refractivity contribution in [1.82, 2.24) is 4.90 Å². The van der Waals surface area contributed by atoms with E-state index in [1.54, 1.807) is 0 Å². The van der Waals surface area contributed by atoms with E-state index in [0.717, 1.165) is 30.8 Å². The molecule has 3 heterocycles. The number of benzene rings is 1. The molecule has 0 amide bonds. The Bertz CT molecular complexity index is 755. The number of para-hydroxylation sites is 1. The average Bonchev–Trinajstić information content (AvgIpc) is 3.07. The summed E-state index contributed by atoms with van der Waals surface area (Å²) in [6, 6.07) is 8.28. The van der Waals surface area contributed by atoms with Crippen molar-refractivity contribution in [3.05, 3.63) is 53.3 Å². The number of piperidine rings is 1. The highest BCUT2D eigenvalue weighted by atomic mass is 16.3. The van der Waals surface area contributed by atoms with Gasteiger partial charge in [-0.3, -0.25) is 4.90 Å². The summed E-state index contributed by atoms with van der Waals surface area (Å²) < 4.78 is 0. The number of nitrogens with zero attached hydrogens (tertiary/aromatic N) is 1. The number of anilines is 1. The molecule has 4 nitrogen and oxygen atoms in total. The van der Waals surface area contributed by atoms with E-state index in [0.29, 0.717) is 6.42 Å². The summed E-state index contributed by atoms with van der Waals surface area (Å²) in [6.45, 7) is 3.75. The van der Waals surface area contributed by atoms with Crippen molar-refractivity contribution in [3.8, 4) is 0 Å². The molecule has 1 saturated carbocycles. The number of allylic oxidation sites excluding steroid dienone is 1. The number of nitrogens with one attached hydrogen (secondary N) is 1. The fourth-order valence-electron chi connectivity index (χ4n) is 5.76.